The molecule has 0 fully saturated rings. The third kappa shape index (κ3) is 1.46. The molecule has 2 heterocycles. The van der Waals surface area contributed by atoms with Crippen molar-refractivity contribution < 1.29 is 9.18 Å². The number of para-hydroxylation sites is 1. The summed E-state index contributed by atoms with van der Waals surface area (Å²) in [5.41, 5.74) is 0.503. The summed E-state index contributed by atoms with van der Waals surface area (Å²) in [6.45, 7) is 0. The summed E-state index contributed by atoms with van der Waals surface area (Å²) in [6, 6.07) is 9.16. The van der Waals surface area contributed by atoms with Gasteiger partial charge < -0.3 is 0 Å². The number of carbonyl (C=O) groups excluding carboxylic acids is 1. The van der Waals surface area contributed by atoms with Crippen LogP contribution in [0.4, 0.5) is 4.39 Å². The van der Waals surface area contributed by atoms with Gasteiger partial charge in [-0.1, -0.05) is 23.7 Å². The van der Waals surface area contributed by atoms with E-state index in [-0.39, 0.29) is 27.5 Å². The van der Waals surface area contributed by atoms with Gasteiger partial charge >= 0.3 is 0 Å². The lowest BCUT2D eigenvalue weighted by molar-refractivity contribution is 0.103. The summed E-state index contributed by atoms with van der Waals surface area (Å²) < 4.78 is 14.8. The number of halogens is 2. The Morgan fingerprint density at radius 2 is 1.86 bits per heavy atom. The van der Waals surface area contributed by atoms with Crippen LogP contribution in [0.25, 0.3) is 16.6 Å². The van der Waals surface area contributed by atoms with Crippen molar-refractivity contribution in [2.45, 2.75) is 0 Å². The normalized spacial score (nSPS) is 12.6. The van der Waals surface area contributed by atoms with E-state index in [1.807, 2.05) is 0 Å². The molecule has 4 nitrogen and oxygen atoms in total. The second-order valence-electron chi connectivity index (χ2n) is 4.68. The fraction of sp³-hybridized carbons (Fsp3) is 0. The average molecular weight is 301 g/mol. The Morgan fingerprint density at radius 3 is 2.67 bits per heavy atom. The van der Waals surface area contributed by atoms with Crippen molar-refractivity contribution in [1.82, 2.24) is 9.55 Å². The molecule has 102 valence electrons. The summed E-state index contributed by atoms with van der Waals surface area (Å²) in [7, 11) is 0. The first-order chi connectivity index (χ1) is 10.1. The molecule has 0 aliphatic carbocycles. The highest BCUT2D eigenvalue weighted by molar-refractivity contribution is 6.35. The summed E-state index contributed by atoms with van der Waals surface area (Å²) in [6.07, 6.45) is 0. The minimum Gasteiger partial charge on any atom is -0.285 e. The molecule has 2 aromatic carbocycles. The van der Waals surface area contributed by atoms with Crippen LogP contribution in [0, 0.1) is 5.82 Å². The van der Waals surface area contributed by atoms with Gasteiger partial charge in [-0.3, -0.25) is 14.2 Å². The van der Waals surface area contributed by atoms with Gasteiger partial charge in [0.2, 0.25) is 5.78 Å². The third-order valence-electron chi connectivity index (χ3n) is 3.52. The van der Waals surface area contributed by atoms with Crippen LogP contribution in [-0.4, -0.2) is 15.3 Å². The number of rotatable bonds is 0. The molecule has 6 heteroatoms. The molecule has 1 aliphatic rings. The Morgan fingerprint density at radius 1 is 1.10 bits per heavy atom. The number of hydrogen-bond acceptors (Lipinski definition) is 3. The highest BCUT2D eigenvalue weighted by Gasteiger charge is 2.30. The Hall–Kier alpha value is -2.53. The van der Waals surface area contributed by atoms with Gasteiger partial charge in [-0.25, -0.2) is 9.37 Å². The number of aromatic nitrogens is 2. The molecule has 0 N–H and O–H groups in total. The van der Waals surface area contributed by atoms with Crippen LogP contribution >= 0.6 is 11.6 Å². The van der Waals surface area contributed by atoms with Gasteiger partial charge in [0.15, 0.2) is 5.82 Å². The molecule has 3 aromatic rings. The van der Waals surface area contributed by atoms with E-state index in [0.717, 1.165) is 6.07 Å². The van der Waals surface area contributed by atoms with E-state index >= 15 is 0 Å². The second-order valence-corrected chi connectivity index (χ2v) is 5.06. The number of benzene rings is 2. The van der Waals surface area contributed by atoms with Crippen molar-refractivity contribution in [2.75, 3.05) is 0 Å². The molecule has 0 amide bonds. The summed E-state index contributed by atoms with van der Waals surface area (Å²) in [5, 5.41) is -0.304. The Labute approximate surface area is 122 Å². The fourth-order valence-electron chi connectivity index (χ4n) is 2.57. The summed E-state index contributed by atoms with van der Waals surface area (Å²) in [5.74, 6) is -0.998. The van der Waals surface area contributed by atoms with E-state index in [4.69, 9.17) is 11.6 Å². The van der Waals surface area contributed by atoms with E-state index in [1.54, 1.807) is 24.3 Å². The number of ketones is 1. The van der Waals surface area contributed by atoms with E-state index in [9.17, 15) is 14.0 Å². The first kappa shape index (κ1) is 12.2. The standard InChI is InChI=1S/C15H6ClFN2O2/c16-12-8(17)5-6-9-11(12)15(21)19-10-4-2-1-3-7(10)13(20)14(19)18-9/h1-6H. The van der Waals surface area contributed by atoms with Crippen LogP contribution in [0.2, 0.25) is 5.02 Å². The van der Waals surface area contributed by atoms with Crippen LogP contribution in [0.3, 0.4) is 0 Å². The maximum atomic E-state index is 13.6. The van der Waals surface area contributed by atoms with Crippen molar-refractivity contribution in [3.05, 3.63) is 69.0 Å². The largest absolute Gasteiger partial charge is 0.285 e. The zero-order valence-electron chi connectivity index (χ0n) is 10.4. The zero-order chi connectivity index (χ0) is 14.7. The Balaban J connectivity index is 2.24. The van der Waals surface area contributed by atoms with E-state index in [2.05, 4.69) is 4.98 Å². The number of nitrogens with zero attached hydrogens (tertiary/aromatic N) is 2. The smallest absolute Gasteiger partial charge is 0.267 e. The molecular formula is C15H6ClFN2O2. The molecule has 0 saturated carbocycles. The van der Waals surface area contributed by atoms with Crippen LogP contribution in [-0.2, 0) is 0 Å². The Bertz CT molecular complexity index is 1010. The number of carbonyl (C=O) groups is 1. The molecule has 0 spiro atoms. The van der Waals surface area contributed by atoms with Crippen molar-refractivity contribution in [2.24, 2.45) is 0 Å². The van der Waals surface area contributed by atoms with E-state index < -0.39 is 11.4 Å². The highest BCUT2D eigenvalue weighted by Crippen LogP contribution is 2.28. The summed E-state index contributed by atoms with van der Waals surface area (Å²) >= 11 is 5.88. The molecule has 0 saturated heterocycles. The molecule has 21 heavy (non-hydrogen) atoms. The van der Waals surface area contributed by atoms with Gasteiger partial charge in [0.25, 0.3) is 5.56 Å². The molecular weight excluding hydrogens is 295 g/mol. The molecule has 1 aromatic heterocycles. The van der Waals surface area contributed by atoms with Crippen molar-refractivity contribution in [1.29, 1.82) is 0 Å². The maximum Gasteiger partial charge on any atom is 0.267 e. The van der Waals surface area contributed by atoms with Gasteiger partial charge in [-0.15, -0.1) is 0 Å². The predicted octanol–water partition coefficient (Wildman–Crippen LogP) is 2.72. The van der Waals surface area contributed by atoms with Gasteiger partial charge in [-0.2, -0.15) is 0 Å². The van der Waals surface area contributed by atoms with Crippen molar-refractivity contribution in [3.63, 3.8) is 0 Å². The van der Waals surface area contributed by atoms with Gasteiger partial charge in [0, 0.05) is 0 Å². The van der Waals surface area contributed by atoms with Gasteiger partial charge in [-0.05, 0) is 24.3 Å². The van der Waals surface area contributed by atoms with Crippen LogP contribution in [0.5, 0.6) is 0 Å². The molecule has 0 atom stereocenters. The molecule has 4 rings (SSSR count). The van der Waals surface area contributed by atoms with Crippen LogP contribution in [0.1, 0.15) is 16.2 Å². The van der Waals surface area contributed by atoms with Crippen molar-refractivity contribution >= 4 is 28.3 Å². The van der Waals surface area contributed by atoms with Crippen LogP contribution < -0.4 is 5.56 Å². The fourth-order valence-corrected chi connectivity index (χ4v) is 2.81. The first-order valence-electron chi connectivity index (χ1n) is 6.14. The molecule has 0 unspecified atom stereocenters. The number of hydrogen-bond donors (Lipinski definition) is 0. The maximum absolute atomic E-state index is 13.6. The van der Waals surface area contributed by atoms with Gasteiger partial charge in [0.05, 0.1) is 27.2 Å². The van der Waals surface area contributed by atoms with Crippen LogP contribution in [0.15, 0.2) is 41.2 Å². The minimum atomic E-state index is -0.693. The summed E-state index contributed by atoms with van der Waals surface area (Å²) in [4.78, 5) is 29.1. The SMILES string of the molecule is O=C1c2ccccc2-n2c1nc1ccc(F)c(Cl)c1c2=O. The second kappa shape index (κ2) is 3.99. The van der Waals surface area contributed by atoms with Gasteiger partial charge in [0.1, 0.15) is 5.82 Å². The van der Waals surface area contributed by atoms with Crippen molar-refractivity contribution in [3.8, 4) is 5.69 Å². The minimum absolute atomic E-state index is 0.0232. The lowest BCUT2D eigenvalue weighted by Gasteiger charge is -2.06. The lowest BCUT2D eigenvalue weighted by atomic mass is 10.1. The zero-order valence-corrected chi connectivity index (χ0v) is 11.2. The highest BCUT2D eigenvalue weighted by atomic mass is 35.5. The van der Waals surface area contributed by atoms with E-state index in [1.165, 1.54) is 10.6 Å². The average Bonchev–Trinajstić information content (AvgIpc) is 2.77. The molecule has 0 radical (unpaired) electrons. The monoisotopic (exact) mass is 300 g/mol. The third-order valence-corrected chi connectivity index (χ3v) is 3.89. The topological polar surface area (TPSA) is 52.0 Å². The first-order valence-corrected chi connectivity index (χ1v) is 6.52. The number of fused-ring (bicyclic) bond motifs is 4. The lowest BCUT2D eigenvalue weighted by Crippen LogP contribution is -2.22. The quantitative estimate of drug-likeness (QED) is 0.502. The van der Waals surface area contributed by atoms with E-state index in [0.29, 0.717) is 11.3 Å². The molecule has 0 bridgehead atoms. The molecule has 1 aliphatic heterocycles. The predicted molar refractivity (Wildman–Crippen MR) is 75.7 cm³/mol. The Kier molecular flexibility index (Phi) is 2.32.